The average molecular weight is 529 g/mol. The first-order valence-electron chi connectivity index (χ1n) is 12.3. The van der Waals surface area contributed by atoms with Crippen molar-refractivity contribution in [1.29, 1.82) is 0 Å². The number of aryl methyl sites for hydroxylation is 1. The smallest absolute Gasteiger partial charge is 0.408 e. The topological polar surface area (TPSA) is 143 Å². The lowest BCUT2D eigenvalue weighted by atomic mass is 9.82. The Bertz CT molecular complexity index is 1260. The molecule has 3 aromatic rings. The highest BCUT2D eigenvalue weighted by atomic mass is 19.1. The maximum Gasteiger partial charge on any atom is 0.408 e. The summed E-state index contributed by atoms with van der Waals surface area (Å²) in [6.45, 7) is 7.42. The van der Waals surface area contributed by atoms with Gasteiger partial charge in [0, 0.05) is 31.1 Å². The molecule has 0 aliphatic heterocycles. The molecule has 204 valence electrons. The number of nitrogens with one attached hydrogen (secondary N) is 1. The summed E-state index contributed by atoms with van der Waals surface area (Å²) in [7, 11) is 1.61. The third-order valence-electron chi connectivity index (χ3n) is 6.24. The van der Waals surface area contributed by atoms with Gasteiger partial charge in [0.15, 0.2) is 0 Å². The summed E-state index contributed by atoms with van der Waals surface area (Å²) in [4.78, 5) is 40.0. The van der Waals surface area contributed by atoms with E-state index in [0.717, 1.165) is 4.90 Å². The summed E-state index contributed by atoms with van der Waals surface area (Å²) in [6.07, 6.45) is 1.53. The van der Waals surface area contributed by atoms with Crippen LogP contribution in [0.15, 0.2) is 40.9 Å². The second-order valence-electron chi connectivity index (χ2n) is 10.1. The van der Waals surface area contributed by atoms with Gasteiger partial charge in [-0.05, 0) is 36.1 Å². The molecule has 0 spiro atoms. The Hall–Kier alpha value is -4.09. The number of hydrogen-bond donors (Lipinski definition) is 2. The lowest BCUT2D eigenvalue weighted by Crippen LogP contribution is -2.57. The van der Waals surface area contributed by atoms with Crippen LogP contribution >= 0.6 is 0 Å². The summed E-state index contributed by atoms with van der Waals surface area (Å²) in [5.74, 6) is -1.58. The minimum atomic E-state index is -1.34. The van der Waals surface area contributed by atoms with Crippen molar-refractivity contribution in [2.75, 3.05) is 5.32 Å². The quantitative estimate of drug-likeness (QED) is 0.350. The SMILES string of the molecule is CCCC[C@@H](C(=O)C(=O)Nc1ccnn1C)N(C(=O)O)[C@H](Cc1nnc(-c2ccc(F)cc2)o1)C(C)(C)C. The highest BCUT2D eigenvalue weighted by Gasteiger charge is 2.43. The number of carboxylic acid groups (broad SMARTS) is 1. The molecule has 0 aliphatic carbocycles. The third-order valence-corrected chi connectivity index (χ3v) is 6.24. The molecular weight excluding hydrogens is 495 g/mol. The molecule has 11 nitrogen and oxygen atoms in total. The van der Waals surface area contributed by atoms with Crippen molar-refractivity contribution < 1.29 is 28.3 Å². The van der Waals surface area contributed by atoms with Gasteiger partial charge in [0.2, 0.25) is 17.6 Å². The van der Waals surface area contributed by atoms with Crippen LogP contribution in [0.2, 0.25) is 0 Å². The molecule has 0 radical (unpaired) electrons. The van der Waals surface area contributed by atoms with Gasteiger partial charge >= 0.3 is 6.09 Å². The predicted molar refractivity (Wildman–Crippen MR) is 137 cm³/mol. The van der Waals surface area contributed by atoms with Crippen molar-refractivity contribution in [1.82, 2.24) is 24.9 Å². The normalized spacial score (nSPS) is 13.1. The summed E-state index contributed by atoms with van der Waals surface area (Å²) in [5, 5.41) is 24.9. The summed E-state index contributed by atoms with van der Waals surface area (Å²) in [5.41, 5.74) is -0.165. The third kappa shape index (κ3) is 6.81. The molecule has 0 unspecified atom stereocenters. The van der Waals surface area contributed by atoms with Crippen molar-refractivity contribution in [3.8, 4) is 11.5 Å². The zero-order valence-electron chi connectivity index (χ0n) is 22.1. The van der Waals surface area contributed by atoms with Gasteiger partial charge in [0.05, 0.1) is 6.20 Å². The van der Waals surface area contributed by atoms with E-state index in [4.69, 9.17) is 4.42 Å². The highest BCUT2D eigenvalue weighted by molar-refractivity contribution is 6.42. The number of Topliss-reactive ketones (excluding diaryl/α,β-unsaturated/α-hetero) is 1. The zero-order chi connectivity index (χ0) is 28.0. The van der Waals surface area contributed by atoms with E-state index in [0.29, 0.717) is 24.2 Å². The van der Waals surface area contributed by atoms with E-state index >= 15 is 0 Å². The number of ketones is 1. The molecule has 3 rings (SSSR count). The number of nitrogens with zero attached hydrogens (tertiary/aromatic N) is 5. The zero-order valence-corrected chi connectivity index (χ0v) is 22.1. The van der Waals surface area contributed by atoms with Crippen LogP contribution in [0.25, 0.3) is 11.5 Å². The number of carbonyl (C=O) groups is 3. The fraction of sp³-hybridized carbons (Fsp3) is 0.462. The Balaban J connectivity index is 1.93. The molecule has 0 aliphatic rings. The van der Waals surface area contributed by atoms with Gasteiger partial charge in [-0.3, -0.25) is 19.2 Å². The number of aromatic nitrogens is 4. The number of carbonyl (C=O) groups excluding carboxylic acids is 2. The van der Waals surface area contributed by atoms with Crippen LogP contribution in [-0.4, -0.2) is 59.9 Å². The second kappa shape index (κ2) is 12.0. The van der Waals surface area contributed by atoms with Gasteiger partial charge in [-0.2, -0.15) is 5.10 Å². The maximum absolute atomic E-state index is 13.4. The molecule has 1 aromatic carbocycles. The van der Waals surface area contributed by atoms with Crippen molar-refractivity contribution in [2.45, 2.75) is 65.5 Å². The predicted octanol–water partition coefficient (Wildman–Crippen LogP) is 4.31. The van der Waals surface area contributed by atoms with Crippen molar-refractivity contribution in [3.05, 3.63) is 48.2 Å². The second-order valence-corrected chi connectivity index (χ2v) is 10.1. The molecule has 2 N–H and O–H groups in total. The first-order chi connectivity index (χ1) is 17.9. The standard InChI is InChI=1S/C26H33FN6O5/c1-6-7-8-18(22(34)23(35)29-20-13-14-28-32(20)5)33(25(36)37)19(26(2,3)4)15-21-30-31-24(38-21)16-9-11-17(27)12-10-16/h9-14,18-19H,6-8,15H2,1-5H3,(H,29,35)(H,36,37)/t18-,19+/m0/s1. The Labute approximate surface area is 220 Å². The molecule has 2 aromatic heterocycles. The number of unbranched alkanes of at least 4 members (excludes halogenated alkanes) is 1. The van der Waals surface area contributed by atoms with Crippen LogP contribution in [-0.2, 0) is 23.1 Å². The molecule has 0 saturated carbocycles. The number of hydrogen-bond acceptors (Lipinski definition) is 7. The van der Waals surface area contributed by atoms with Gasteiger partial charge in [-0.15, -0.1) is 10.2 Å². The Morgan fingerprint density at radius 3 is 2.39 bits per heavy atom. The van der Waals surface area contributed by atoms with Crippen molar-refractivity contribution in [2.24, 2.45) is 12.5 Å². The van der Waals surface area contributed by atoms with E-state index in [1.165, 1.54) is 41.2 Å². The maximum atomic E-state index is 13.4. The number of benzene rings is 1. The number of halogens is 1. The molecule has 38 heavy (non-hydrogen) atoms. The van der Waals surface area contributed by atoms with Crippen LogP contribution in [0.1, 0.15) is 52.8 Å². The minimum absolute atomic E-state index is 0.00322. The molecular formula is C26H33FN6O5. The lowest BCUT2D eigenvalue weighted by Gasteiger charge is -2.41. The largest absolute Gasteiger partial charge is 0.465 e. The lowest BCUT2D eigenvalue weighted by molar-refractivity contribution is -0.139. The minimum Gasteiger partial charge on any atom is -0.465 e. The first kappa shape index (κ1) is 28.5. The summed E-state index contributed by atoms with van der Waals surface area (Å²) < 4.78 is 20.5. The van der Waals surface area contributed by atoms with Gasteiger partial charge in [0.1, 0.15) is 17.7 Å². The van der Waals surface area contributed by atoms with Gasteiger partial charge in [-0.1, -0.05) is 40.5 Å². The van der Waals surface area contributed by atoms with E-state index in [1.807, 2.05) is 27.7 Å². The van der Waals surface area contributed by atoms with Crippen LogP contribution in [0.5, 0.6) is 0 Å². The monoisotopic (exact) mass is 528 g/mol. The Morgan fingerprint density at radius 2 is 1.84 bits per heavy atom. The van der Waals surface area contributed by atoms with Crippen molar-refractivity contribution in [3.63, 3.8) is 0 Å². The van der Waals surface area contributed by atoms with Crippen LogP contribution < -0.4 is 5.32 Å². The van der Waals surface area contributed by atoms with E-state index in [-0.39, 0.29) is 24.6 Å². The Morgan fingerprint density at radius 1 is 1.16 bits per heavy atom. The van der Waals surface area contributed by atoms with Gasteiger partial charge < -0.3 is 14.8 Å². The number of amides is 2. The molecule has 2 amide bonds. The van der Waals surface area contributed by atoms with Gasteiger partial charge in [0.25, 0.3) is 5.91 Å². The van der Waals surface area contributed by atoms with Crippen LogP contribution in [0.3, 0.4) is 0 Å². The van der Waals surface area contributed by atoms with E-state index in [9.17, 15) is 23.9 Å². The average Bonchev–Trinajstić information content (AvgIpc) is 3.48. The number of rotatable bonds is 11. The molecule has 2 heterocycles. The highest BCUT2D eigenvalue weighted by Crippen LogP contribution is 2.31. The summed E-state index contributed by atoms with van der Waals surface area (Å²) in [6, 6.07) is 5.04. The van der Waals surface area contributed by atoms with Gasteiger partial charge in [-0.25, -0.2) is 9.18 Å². The fourth-order valence-corrected chi connectivity index (χ4v) is 4.14. The fourth-order valence-electron chi connectivity index (χ4n) is 4.14. The van der Waals surface area contributed by atoms with Crippen LogP contribution in [0.4, 0.5) is 15.0 Å². The molecule has 2 atom stereocenters. The van der Waals surface area contributed by atoms with Crippen LogP contribution in [0, 0.1) is 11.2 Å². The molecule has 12 heteroatoms. The van der Waals surface area contributed by atoms with E-state index < -0.39 is 41.1 Å². The van der Waals surface area contributed by atoms with E-state index in [2.05, 4.69) is 20.6 Å². The Kier molecular flexibility index (Phi) is 8.97. The molecule has 0 fully saturated rings. The molecule has 0 bridgehead atoms. The summed E-state index contributed by atoms with van der Waals surface area (Å²) >= 11 is 0. The molecule has 0 saturated heterocycles. The number of anilines is 1. The van der Waals surface area contributed by atoms with E-state index in [1.54, 1.807) is 7.05 Å². The first-order valence-corrected chi connectivity index (χ1v) is 12.3. The van der Waals surface area contributed by atoms with Crippen molar-refractivity contribution >= 4 is 23.6 Å².